The van der Waals surface area contributed by atoms with Gasteiger partial charge in [-0.15, -0.1) is 0 Å². The van der Waals surface area contributed by atoms with Crippen LogP contribution in [-0.2, 0) is 4.79 Å². The molecule has 5 nitrogen and oxygen atoms in total. The zero-order valence-corrected chi connectivity index (χ0v) is 15.1. The number of carbonyl (C=O) groups is 1. The van der Waals surface area contributed by atoms with Gasteiger partial charge in [-0.1, -0.05) is 35.5 Å². The first-order valence-electron chi connectivity index (χ1n) is 7.66. The van der Waals surface area contributed by atoms with Crippen LogP contribution in [0.15, 0.2) is 52.4 Å². The van der Waals surface area contributed by atoms with E-state index in [-0.39, 0.29) is 17.9 Å². The number of thioether (sulfide) groups is 1. The second-order valence-electron chi connectivity index (χ2n) is 5.60. The molecule has 3 aromatic rings. The lowest BCUT2D eigenvalue weighted by Crippen LogP contribution is -2.22. The number of rotatable bonds is 5. The maximum atomic E-state index is 13.0. The van der Waals surface area contributed by atoms with Crippen molar-refractivity contribution in [1.82, 2.24) is 9.55 Å². The van der Waals surface area contributed by atoms with Gasteiger partial charge in [0.15, 0.2) is 5.16 Å². The van der Waals surface area contributed by atoms with Gasteiger partial charge in [0.25, 0.3) is 5.56 Å². The zero-order chi connectivity index (χ0) is 18.0. The van der Waals surface area contributed by atoms with Gasteiger partial charge in [0.1, 0.15) is 0 Å². The second-order valence-corrected chi connectivity index (χ2v) is 7.10. The molecule has 0 fully saturated rings. The molecule has 0 aliphatic carbocycles. The molecular weight excluding hydrogens is 358 g/mol. The maximum Gasteiger partial charge on any atom is 0.266 e. The molecule has 0 spiro atoms. The molecule has 1 heterocycles. The second kappa shape index (κ2) is 7.29. The molecule has 3 rings (SSSR count). The van der Waals surface area contributed by atoms with Crippen molar-refractivity contribution in [3.8, 4) is 5.69 Å². The standard InChI is InChI=1S/C18H16ClN3O2S/c1-11-3-2-4-13(9-11)22-17(24)14-6-5-12(19)10-15(14)21-18(22)25-8-7-16(20)23/h2-6,9-10H,7-8H2,1H3,(H2,20,23). The van der Waals surface area contributed by atoms with Gasteiger partial charge in [0.05, 0.1) is 16.6 Å². The van der Waals surface area contributed by atoms with Gasteiger partial charge in [-0.2, -0.15) is 0 Å². The molecule has 0 saturated heterocycles. The number of nitrogens with zero attached hydrogens (tertiary/aromatic N) is 2. The number of aromatic nitrogens is 2. The number of benzene rings is 2. The Kier molecular flexibility index (Phi) is 5.11. The van der Waals surface area contributed by atoms with E-state index in [1.807, 2.05) is 31.2 Å². The molecule has 7 heteroatoms. The van der Waals surface area contributed by atoms with Crippen LogP contribution >= 0.6 is 23.4 Å². The van der Waals surface area contributed by atoms with Crippen molar-refractivity contribution in [1.29, 1.82) is 0 Å². The maximum absolute atomic E-state index is 13.0. The number of hydrogen-bond acceptors (Lipinski definition) is 4. The molecule has 2 N–H and O–H groups in total. The summed E-state index contributed by atoms with van der Waals surface area (Å²) < 4.78 is 1.56. The Bertz CT molecular complexity index is 1020. The highest BCUT2D eigenvalue weighted by Crippen LogP contribution is 2.23. The molecule has 0 radical (unpaired) electrons. The normalized spacial score (nSPS) is 11.0. The molecule has 25 heavy (non-hydrogen) atoms. The largest absolute Gasteiger partial charge is 0.370 e. The lowest BCUT2D eigenvalue weighted by molar-refractivity contribution is -0.117. The van der Waals surface area contributed by atoms with E-state index in [4.69, 9.17) is 17.3 Å². The van der Waals surface area contributed by atoms with Crippen molar-refractivity contribution in [2.24, 2.45) is 5.73 Å². The van der Waals surface area contributed by atoms with Crippen LogP contribution in [0.4, 0.5) is 0 Å². The minimum absolute atomic E-state index is 0.172. The van der Waals surface area contributed by atoms with Crippen LogP contribution in [0, 0.1) is 6.92 Å². The van der Waals surface area contributed by atoms with Gasteiger partial charge in [0.2, 0.25) is 5.91 Å². The number of halogens is 1. The van der Waals surface area contributed by atoms with Gasteiger partial charge in [-0.25, -0.2) is 4.98 Å². The SMILES string of the molecule is Cc1cccc(-n2c(SCCC(N)=O)nc3cc(Cl)ccc3c2=O)c1. The summed E-state index contributed by atoms with van der Waals surface area (Å²) >= 11 is 7.35. The smallest absolute Gasteiger partial charge is 0.266 e. The Labute approximate surface area is 153 Å². The summed E-state index contributed by atoms with van der Waals surface area (Å²) in [6, 6.07) is 12.6. The monoisotopic (exact) mass is 373 g/mol. The van der Waals surface area contributed by atoms with E-state index < -0.39 is 0 Å². The molecule has 0 saturated carbocycles. The van der Waals surface area contributed by atoms with Crippen LogP contribution in [0.5, 0.6) is 0 Å². The first-order chi connectivity index (χ1) is 12.0. The van der Waals surface area contributed by atoms with E-state index in [1.54, 1.807) is 22.8 Å². The van der Waals surface area contributed by atoms with E-state index in [1.165, 1.54) is 11.8 Å². The van der Waals surface area contributed by atoms with Crippen molar-refractivity contribution >= 4 is 40.2 Å². The van der Waals surface area contributed by atoms with Gasteiger partial charge in [0, 0.05) is 17.2 Å². The molecule has 1 aromatic heterocycles. The third-order valence-electron chi connectivity index (χ3n) is 3.64. The molecular formula is C18H16ClN3O2S. The summed E-state index contributed by atoms with van der Waals surface area (Å²) in [4.78, 5) is 28.6. The molecule has 1 amide bonds. The van der Waals surface area contributed by atoms with Crippen molar-refractivity contribution in [2.45, 2.75) is 18.5 Å². The fraction of sp³-hybridized carbons (Fsp3) is 0.167. The van der Waals surface area contributed by atoms with Gasteiger partial charge in [-0.3, -0.25) is 14.2 Å². The van der Waals surface area contributed by atoms with Gasteiger partial charge >= 0.3 is 0 Å². The van der Waals surface area contributed by atoms with E-state index in [9.17, 15) is 9.59 Å². The summed E-state index contributed by atoms with van der Waals surface area (Å²) in [5.41, 5.74) is 7.33. The van der Waals surface area contributed by atoms with Crippen LogP contribution in [-0.4, -0.2) is 21.2 Å². The minimum Gasteiger partial charge on any atom is -0.370 e. The molecule has 0 atom stereocenters. The number of aryl methyl sites for hydroxylation is 1. The summed E-state index contributed by atoms with van der Waals surface area (Å²) in [7, 11) is 0. The Morgan fingerprint density at radius 1 is 1.28 bits per heavy atom. The predicted molar refractivity (Wildman–Crippen MR) is 102 cm³/mol. The fourth-order valence-electron chi connectivity index (χ4n) is 2.47. The van der Waals surface area contributed by atoms with Crippen LogP contribution in [0.1, 0.15) is 12.0 Å². The fourth-order valence-corrected chi connectivity index (χ4v) is 3.61. The summed E-state index contributed by atoms with van der Waals surface area (Å²) in [6.07, 6.45) is 0.210. The third kappa shape index (κ3) is 3.86. The molecule has 0 bridgehead atoms. The lowest BCUT2D eigenvalue weighted by Gasteiger charge is -2.13. The highest BCUT2D eigenvalue weighted by Gasteiger charge is 2.14. The Morgan fingerprint density at radius 2 is 2.08 bits per heavy atom. The molecule has 0 aliphatic rings. The number of hydrogen-bond donors (Lipinski definition) is 1. The quantitative estimate of drug-likeness (QED) is 0.549. The Morgan fingerprint density at radius 3 is 2.80 bits per heavy atom. The summed E-state index contributed by atoms with van der Waals surface area (Å²) in [5.74, 6) is 0.0559. The van der Waals surface area contributed by atoms with Crippen LogP contribution in [0.2, 0.25) is 5.02 Å². The lowest BCUT2D eigenvalue weighted by atomic mass is 10.2. The molecule has 0 unspecified atom stereocenters. The number of fused-ring (bicyclic) bond motifs is 1. The average molecular weight is 374 g/mol. The first kappa shape index (κ1) is 17.5. The number of amides is 1. The van der Waals surface area contributed by atoms with Crippen molar-refractivity contribution in [2.75, 3.05) is 5.75 Å². The van der Waals surface area contributed by atoms with Crippen LogP contribution in [0.3, 0.4) is 0 Å². The van der Waals surface area contributed by atoms with E-state index in [0.29, 0.717) is 26.8 Å². The molecule has 2 aromatic carbocycles. The van der Waals surface area contributed by atoms with Gasteiger partial charge < -0.3 is 5.73 Å². The highest BCUT2D eigenvalue weighted by atomic mass is 35.5. The average Bonchev–Trinajstić information content (AvgIpc) is 2.54. The number of primary amides is 1. The van der Waals surface area contributed by atoms with Crippen molar-refractivity contribution < 1.29 is 4.79 Å². The summed E-state index contributed by atoms with van der Waals surface area (Å²) in [6.45, 7) is 1.96. The van der Waals surface area contributed by atoms with E-state index >= 15 is 0 Å². The topological polar surface area (TPSA) is 78.0 Å². The minimum atomic E-state index is -0.388. The third-order valence-corrected chi connectivity index (χ3v) is 4.82. The van der Waals surface area contributed by atoms with Crippen molar-refractivity contribution in [3.63, 3.8) is 0 Å². The van der Waals surface area contributed by atoms with Crippen LogP contribution in [0.25, 0.3) is 16.6 Å². The predicted octanol–water partition coefficient (Wildman–Crippen LogP) is 3.32. The number of carbonyl (C=O) groups excluding carboxylic acids is 1. The Hall–Kier alpha value is -2.31. The van der Waals surface area contributed by atoms with Crippen molar-refractivity contribution in [3.05, 3.63) is 63.4 Å². The van der Waals surface area contributed by atoms with Gasteiger partial charge in [-0.05, 0) is 42.8 Å². The summed E-state index contributed by atoms with van der Waals surface area (Å²) in [5, 5.41) is 1.51. The molecule has 128 valence electrons. The molecule has 0 aliphatic heterocycles. The van der Waals surface area contributed by atoms with E-state index in [0.717, 1.165) is 11.3 Å². The zero-order valence-electron chi connectivity index (χ0n) is 13.5. The van der Waals surface area contributed by atoms with Crippen LogP contribution < -0.4 is 11.3 Å². The highest BCUT2D eigenvalue weighted by molar-refractivity contribution is 7.99. The Balaban J connectivity index is 2.20. The number of nitrogens with two attached hydrogens (primary N) is 1. The van der Waals surface area contributed by atoms with E-state index in [2.05, 4.69) is 4.98 Å². The first-order valence-corrected chi connectivity index (χ1v) is 9.02.